The highest BCUT2D eigenvalue weighted by molar-refractivity contribution is 7.92. The number of carbonyl (C=O) groups excluding carboxylic acids is 2. The first kappa shape index (κ1) is 30.8. The molecule has 11 heteroatoms. The molecule has 0 bridgehead atoms. The molecule has 0 fully saturated rings. The maximum absolute atomic E-state index is 14.1. The quantitative estimate of drug-likeness (QED) is 0.325. The van der Waals surface area contributed by atoms with Gasteiger partial charge in [0.05, 0.1) is 26.2 Å². The molecular formula is C29H34ClN3O6S. The van der Waals surface area contributed by atoms with E-state index in [9.17, 15) is 18.0 Å². The molecule has 9 nitrogen and oxygen atoms in total. The van der Waals surface area contributed by atoms with E-state index in [1.54, 1.807) is 43.3 Å². The van der Waals surface area contributed by atoms with Gasteiger partial charge in [0.15, 0.2) is 0 Å². The number of halogens is 1. The molecule has 2 amide bonds. The molecule has 0 aliphatic carbocycles. The van der Waals surface area contributed by atoms with Gasteiger partial charge in [-0.2, -0.15) is 0 Å². The number of hydrogen-bond acceptors (Lipinski definition) is 6. The molecule has 3 aromatic rings. The van der Waals surface area contributed by atoms with Crippen molar-refractivity contribution in [2.24, 2.45) is 0 Å². The van der Waals surface area contributed by atoms with Gasteiger partial charge < -0.3 is 19.7 Å². The SMILES string of the molecule is CCNC(=O)[C@@H](Cc1ccccc1)N(Cc1ccccc1Cl)C(=O)CN(c1cc(OC)ccc1OC)S(C)(=O)=O. The number of methoxy groups -OCH3 is 2. The van der Waals surface area contributed by atoms with Crippen molar-refractivity contribution < 1.29 is 27.5 Å². The van der Waals surface area contributed by atoms with Crippen LogP contribution in [-0.4, -0.2) is 64.7 Å². The summed E-state index contributed by atoms with van der Waals surface area (Å²) in [4.78, 5) is 28.9. The molecule has 3 aromatic carbocycles. The number of sulfonamides is 1. The normalized spacial score (nSPS) is 11.8. The Bertz CT molecular complexity index is 1420. The first-order chi connectivity index (χ1) is 19.1. The summed E-state index contributed by atoms with van der Waals surface area (Å²) in [6, 6.07) is 20.0. The van der Waals surface area contributed by atoms with Gasteiger partial charge in [-0.3, -0.25) is 13.9 Å². The van der Waals surface area contributed by atoms with Crippen LogP contribution in [0.2, 0.25) is 5.02 Å². The van der Waals surface area contributed by atoms with Crippen LogP contribution >= 0.6 is 11.6 Å². The Morgan fingerprint density at radius 1 is 0.975 bits per heavy atom. The van der Waals surface area contributed by atoms with Crippen molar-refractivity contribution >= 4 is 39.1 Å². The molecule has 0 aliphatic rings. The van der Waals surface area contributed by atoms with Gasteiger partial charge in [-0.05, 0) is 36.2 Å². The van der Waals surface area contributed by atoms with Crippen LogP contribution in [0.25, 0.3) is 0 Å². The molecule has 1 atom stereocenters. The molecule has 0 aromatic heterocycles. The van der Waals surface area contributed by atoms with Crippen molar-refractivity contribution in [2.45, 2.75) is 25.9 Å². The van der Waals surface area contributed by atoms with E-state index in [1.807, 2.05) is 30.3 Å². The van der Waals surface area contributed by atoms with E-state index in [2.05, 4.69) is 5.32 Å². The van der Waals surface area contributed by atoms with Crippen LogP contribution in [0.4, 0.5) is 5.69 Å². The summed E-state index contributed by atoms with van der Waals surface area (Å²) in [5.41, 5.74) is 1.59. The van der Waals surface area contributed by atoms with Gasteiger partial charge in [-0.25, -0.2) is 8.42 Å². The number of likely N-dealkylation sites (N-methyl/N-ethyl adjacent to an activating group) is 1. The smallest absolute Gasteiger partial charge is 0.244 e. The Kier molecular flexibility index (Phi) is 10.8. The number of ether oxygens (including phenoxy) is 2. The number of anilines is 1. The molecule has 0 spiro atoms. The molecular weight excluding hydrogens is 554 g/mol. The largest absolute Gasteiger partial charge is 0.497 e. The fourth-order valence-electron chi connectivity index (χ4n) is 4.24. The van der Waals surface area contributed by atoms with E-state index in [0.717, 1.165) is 16.1 Å². The highest BCUT2D eigenvalue weighted by Crippen LogP contribution is 2.34. The predicted octanol–water partition coefficient (Wildman–Crippen LogP) is 3.90. The predicted molar refractivity (Wildman–Crippen MR) is 156 cm³/mol. The Morgan fingerprint density at radius 2 is 1.65 bits per heavy atom. The van der Waals surface area contributed by atoms with Crippen LogP contribution < -0.4 is 19.1 Å². The lowest BCUT2D eigenvalue weighted by molar-refractivity contribution is -0.140. The van der Waals surface area contributed by atoms with Crippen LogP contribution in [0.5, 0.6) is 11.5 Å². The number of amides is 2. The minimum Gasteiger partial charge on any atom is -0.497 e. The molecule has 0 aliphatic heterocycles. The molecule has 0 saturated carbocycles. The Balaban J connectivity index is 2.10. The minimum absolute atomic E-state index is 0.0139. The maximum atomic E-state index is 14.1. The van der Waals surface area contributed by atoms with Crippen molar-refractivity contribution in [3.63, 3.8) is 0 Å². The fourth-order valence-corrected chi connectivity index (χ4v) is 5.28. The topological polar surface area (TPSA) is 105 Å². The van der Waals surface area contributed by atoms with Crippen LogP contribution in [0.15, 0.2) is 72.8 Å². The lowest BCUT2D eigenvalue weighted by Gasteiger charge is -2.34. The van der Waals surface area contributed by atoms with Gasteiger partial charge in [-0.15, -0.1) is 0 Å². The van der Waals surface area contributed by atoms with E-state index >= 15 is 0 Å². The van der Waals surface area contributed by atoms with Crippen LogP contribution in [0, 0.1) is 0 Å². The first-order valence-electron chi connectivity index (χ1n) is 12.6. The summed E-state index contributed by atoms with van der Waals surface area (Å²) in [5.74, 6) is -0.339. The van der Waals surface area contributed by atoms with Gasteiger partial charge in [0.2, 0.25) is 21.8 Å². The van der Waals surface area contributed by atoms with Crippen molar-refractivity contribution in [1.29, 1.82) is 0 Å². The zero-order valence-corrected chi connectivity index (χ0v) is 24.5. The van der Waals surface area contributed by atoms with Crippen LogP contribution in [0.3, 0.4) is 0 Å². The van der Waals surface area contributed by atoms with Gasteiger partial charge in [0, 0.05) is 30.6 Å². The second-order valence-corrected chi connectivity index (χ2v) is 11.3. The third kappa shape index (κ3) is 7.89. The average Bonchev–Trinajstić information content (AvgIpc) is 2.94. The summed E-state index contributed by atoms with van der Waals surface area (Å²) < 4.78 is 37.7. The second kappa shape index (κ2) is 14.0. The summed E-state index contributed by atoms with van der Waals surface area (Å²) in [5, 5.41) is 3.24. The van der Waals surface area contributed by atoms with Crippen LogP contribution in [0.1, 0.15) is 18.1 Å². The summed E-state index contributed by atoms with van der Waals surface area (Å²) in [7, 11) is -1.12. The summed E-state index contributed by atoms with van der Waals surface area (Å²) in [6.07, 6.45) is 1.22. The highest BCUT2D eigenvalue weighted by atomic mass is 35.5. The van der Waals surface area contributed by atoms with E-state index in [0.29, 0.717) is 22.9 Å². The number of carbonyl (C=O) groups is 2. The lowest BCUT2D eigenvalue weighted by atomic mass is 10.0. The van der Waals surface area contributed by atoms with E-state index in [1.165, 1.54) is 25.2 Å². The average molecular weight is 588 g/mol. The molecule has 3 rings (SSSR count). The van der Waals surface area contributed by atoms with Crippen molar-refractivity contribution in [1.82, 2.24) is 10.2 Å². The number of rotatable bonds is 13. The van der Waals surface area contributed by atoms with Gasteiger partial charge >= 0.3 is 0 Å². The number of hydrogen-bond donors (Lipinski definition) is 1. The summed E-state index contributed by atoms with van der Waals surface area (Å²) >= 11 is 6.45. The molecule has 40 heavy (non-hydrogen) atoms. The molecule has 214 valence electrons. The molecule has 1 N–H and O–H groups in total. The monoisotopic (exact) mass is 587 g/mol. The fraction of sp³-hybridized carbons (Fsp3) is 0.310. The van der Waals surface area contributed by atoms with E-state index in [-0.39, 0.29) is 30.3 Å². The van der Waals surface area contributed by atoms with Gasteiger partial charge in [0.1, 0.15) is 24.1 Å². The van der Waals surface area contributed by atoms with Gasteiger partial charge in [-0.1, -0.05) is 60.1 Å². The maximum Gasteiger partial charge on any atom is 0.244 e. The zero-order chi connectivity index (χ0) is 29.3. The van der Waals surface area contributed by atoms with Crippen LogP contribution in [-0.2, 0) is 32.6 Å². The van der Waals surface area contributed by atoms with Crippen molar-refractivity contribution in [3.05, 3.63) is 88.9 Å². The van der Waals surface area contributed by atoms with Crippen molar-refractivity contribution in [3.8, 4) is 11.5 Å². The number of nitrogens with one attached hydrogen (secondary N) is 1. The van der Waals surface area contributed by atoms with E-state index < -0.39 is 28.5 Å². The molecule has 0 radical (unpaired) electrons. The molecule has 0 saturated heterocycles. The van der Waals surface area contributed by atoms with E-state index in [4.69, 9.17) is 21.1 Å². The minimum atomic E-state index is -3.98. The first-order valence-corrected chi connectivity index (χ1v) is 14.9. The molecule has 0 unspecified atom stereocenters. The van der Waals surface area contributed by atoms with Gasteiger partial charge in [0.25, 0.3) is 0 Å². The number of nitrogens with zero attached hydrogens (tertiary/aromatic N) is 2. The Hall–Kier alpha value is -3.76. The number of benzene rings is 3. The second-order valence-electron chi connectivity index (χ2n) is 9.02. The third-order valence-electron chi connectivity index (χ3n) is 6.25. The lowest BCUT2D eigenvalue weighted by Crippen LogP contribution is -2.53. The molecule has 0 heterocycles. The Morgan fingerprint density at radius 3 is 2.25 bits per heavy atom. The van der Waals surface area contributed by atoms with Crippen molar-refractivity contribution in [2.75, 3.05) is 37.9 Å². The Labute approximate surface area is 240 Å². The zero-order valence-electron chi connectivity index (χ0n) is 23.0. The summed E-state index contributed by atoms with van der Waals surface area (Å²) in [6.45, 7) is 1.55. The third-order valence-corrected chi connectivity index (χ3v) is 7.75. The standard InChI is InChI=1S/C29H34ClN3O6S/c1-5-31-29(35)26(17-21-11-7-6-8-12-21)32(19-22-13-9-10-14-24(22)30)28(34)20-33(40(4,36)37)25-18-23(38-2)15-16-27(25)39-3/h6-16,18,26H,5,17,19-20H2,1-4H3,(H,31,35)/t26-/m1/s1. The highest BCUT2D eigenvalue weighted by Gasteiger charge is 2.34.